The maximum atomic E-state index is 13.9. The molecule has 3 heteroatoms. The monoisotopic (exact) mass is 260 g/mol. The van der Waals surface area contributed by atoms with E-state index < -0.39 is 0 Å². The molecule has 100 valence electrons. The average molecular weight is 260 g/mol. The predicted molar refractivity (Wildman–Crippen MR) is 73.6 cm³/mol. The Morgan fingerprint density at radius 2 is 1.58 bits per heavy atom. The lowest BCUT2D eigenvalue weighted by molar-refractivity contribution is 0.411. The van der Waals surface area contributed by atoms with Gasteiger partial charge < -0.3 is 9.47 Å². The highest BCUT2D eigenvalue weighted by Gasteiger charge is 2.08. The molecule has 0 atom stereocenters. The minimum atomic E-state index is -0.345. The Hall–Kier alpha value is -2.03. The van der Waals surface area contributed by atoms with Gasteiger partial charge >= 0.3 is 0 Å². The van der Waals surface area contributed by atoms with Crippen LogP contribution in [0.15, 0.2) is 42.5 Å². The summed E-state index contributed by atoms with van der Waals surface area (Å²) in [5.41, 5.74) is 0.958. The van der Waals surface area contributed by atoms with Crippen molar-refractivity contribution in [3.63, 3.8) is 0 Å². The zero-order valence-corrected chi connectivity index (χ0v) is 11.3. The van der Waals surface area contributed by atoms with E-state index in [1.165, 1.54) is 6.07 Å². The summed E-state index contributed by atoms with van der Waals surface area (Å²) in [5.74, 6) is 1.50. The molecule has 2 rings (SSSR count). The molecule has 0 aliphatic carbocycles. The summed E-state index contributed by atoms with van der Waals surface area (Å²) in [6, 6.07) is 12.1. The van der Waals surface area contributed by atoms with E-state index in [1.54, 1.807) is 37.4 Å². The molecule has 0 saturated carbocycles. The Labute approximate surface area is 112 Å². The lowest BCUT2D eigenvalue weighted by Gasteiger charge is -2.10. The summed E-state index contributed by atoms with van der Waals surface area (Å²) < 4.78 is 24.5. The van der Waals surface area contributed by atoms with Crippen LogP contribution in [-0.2, 0) is 0 Å². The minimum Gasteiger partial charge on any atom is -0.497 e. The maximum absolute atomic E-state index is 13.9. The first kappa shape index (κ1) is 13.4. The smallest absolute Gasteiger partial charge is 0.166 e. The molecule has 0 aromatic heterocycles. The van der Waals surface area contributed by atoms with E-state index in [0.29, 0.717) is 11.7 Å². The van der Waals surface area contributed by atoms with Crippen LogP contribution in [0, 0.1) is 5.82 Å². The number of rotatable bonds is 4. The molecular weight excluding hydrogens is 243 g/mol. The van der Waals surface area contributed by atoms with Crippen molar-refractivity contribution in [3.05, 3.63) is 53.8 Å². The van der Waals surface area contributed by atoms with Crippen LogP contribution in [0.1, 0.15) is 25.3 Å². The first-order valence-corrected chi connectivity index (χ1v) is 6.21. The summed E-state index contributed by atoms with van der Waals surface area (Å²) in [5, 5.41) is 0. The molecule has 0 radical (unpaired) electrons. The molecule has 19 heavy (non-hydrogen) atoms. The fraction of sp³-hybridized carbons (Fsp3) is 0.250. The summed E-state index contributed by atoms with van der Waals surface area (Å²) in [6.45, 7) is 4.05. The van der Waals surface area contributed by atoms with Crippen LogP contribution in [0.5, 0.6) is 17.2 Å². The largest absolute Gasteiger partial charge is 0.497 e. The van der Waals surface area contributed by atoms with Crippen LogP contribution in [0.3, 0.4) is 0 Å². The molecule has 0 N–H and O–H groups in total. The molecule has 0 saturated heterocycles. The van der Waals surface area contributed by atoms with Crippen LogP contribution >= 0.6 is 0 Å². The van der Waals surface area contributed by atoms with Gasteiger partial charge in [0.15, 0.2) is 11.6 Å². The number of hydrogen-bond acceptors (Lipinski definition) is 2. The molecule has 0 amide bonds. The van der Waals surface area contributed by atoms with Crippen molar-refractivity contribution >= 4 is 0 Å². The van der Waals surface area contributed by atoms with Gasteiger partial charge in [0.1, 0.15) is 11.5 Å². The Morgan fingerprint density at radius 3 is 2.11 bits per heavy atom. The second-order valence-electron chi connectivity index (χ2n) is 4.62. The second-order valence-corrected chi connectivity index (χ2v) is 4.62. The zero-order chi connectivity index (χ0) is 13.8. The van der Waals surface area contributed by atoms with E-state index >= 15 is 0 Å². The molecule has 0 bridgehead atoms. The topological polar surface area (TPSA) is 18.5 Å². The van der Waals surface area contributed by atoms with Gasteiger partial charge in [-0.15, -0.1) is 0 Å². The van der Waals surface area contributed by atoms with E-state index in [9.17, 15) is 4.39 Å². The molecular formula is C16H17FO2. The molecule has 0 aliphatic rings. The molecule has 2 aromatic rings. The third-order valence-corrected chi connectivity index (χ3v) is 2.91. The molecule has 0 fully saturated rings. The number of ether oxygens (including phenoxy) is 2. The van der Waals surface area contributed by atoms with Crippen molar-refractivity contribution in [3.8, 4) is 17.2 Å². The zero-order valence-electron chi connectivity index (χ0n) is 11.3. The van der Waals surface area contributed by atoms with Crippen molar-refractivity contribution in [2.45, 2.75) is 19.8 Å². The summed E-state index contributed by atoms with van der Waals surface area (Å²) >= 11 is 0. The Bertz CT molecular complexity index is 547. The fourth-order valence-electron chi connectivity index (χ4n) is 1.73. The second kappa shape index (κ2) is 5.74. The number of benzene rings is 2. The SMILES string of the molecule is COc1ccc(Oc2ccc(C(C)C)cc2F)cc1. The highest BCUT2D eigenvalue weighted by Crippen LogP contribution is 2.28. The normalized spacial score (nSPS) is 10.6. The summed E-state index contributed by atoms with van der Waals surface area (Å²) in [4.78, 5) is 0. The van der Waals surface area contributed by atoms with E-state index in [2.05, 4.69) is 0 Å². The number of halogens is 1. The number of methoxy groups -OCH3 is 1. The molecule has 0 heterocycles. The Kier molecular flexibility index (Phi) is 4.05. The van der Waals surface area contributed by atoms with E-state index in [-0.39, 0.29) is 11.6 Å². The van der Waals surface area contributed by atoms with Crippen molar-refractivity contribution < 1.29 is 13.9 Å². The van der Waals surface area contributed by atoms with Gasteiger partial charge in [-0.25, -0.2) is 4.39 Å². The highest BCUT2D eigenvalue weighted by atomic mass is 19.1. The van der Waals surface area contributed by atoms with Crippen LogP contribution in [0.25, 0.3) is 0 Å². The van der Waals surface area contributed by atoms with E-state index in [1.807, 2.05) is 19.9 Å². The third kappa shape index (κ3) is 3.25. The van der Waals surface area contributed by atoms with Gasteiger partial charge in [0.2, 0.25) is 0 Å². The minimum absolute atomic E-state index is 0.231. The first-order valence-electron chi connectivity index (χ1n) is 6.21. The van der Waals surface area contributed by atoms with Crippen LogP contribution in [-0.4, -0.2) is 7.11 Å². The van der Waals surface area contributed by atoms with Crippen LogP contribution < -0.4 is 9.47 Å². The van der Waals surface area contributed by atoms with E-state index in [4.69, 9.17) is 9.47 Å². The number of hydrogen-bond donors (Lipinski definition) is 0. The van der Waals surface area contributed by atoms with E-state index in [0.717, 1.165) is 11.3 Å². The van der Waals surface area contributed by atoms with Crippen LogP contribution in [0.4, 0.5) is 4.39 Å². The molecule has 0 unspecified atom stereocenters. The quantitative estimate of drug-likeness (QED) is 0.789. The van der Waals surface area contributed by atoms with Crippen molar-refractivity contribution in [1.29, 1.82) is 0 Å². The maximum Gasteiger partial charge on any atom is 0.166 e. The van der Waals surface area contributed by atoms with Gasteiger partial charge in [0.05, 0.1) is 7.11 Å². The molecule has 2 nitrogen and oxygen atoms in total. The van der Waals surface area contributed by atoms with Gasteiger partial charge in [-0.05, 0) is 47.9 Å². The molecule has 2 aromatic carbocycles. The highest BCUT2D eigenvalue weighted by molar-refractivity contribution is 5.37. The van der Waals surface area contributed by atoms with Crippen LogP contribution in [0.2, 0.25) is 0 Å². The Balaban J connectivity index is 2.18. The summed E-state index contributed by atoms with van der Waals surface area (Å²) in [6.07, 6.45) is 0. The van der Waals surface area contributed by atoms with Crippen molar-refractivity contribution in [2.75, 3.05) is 7.11 Å². The summed E-state index contributed by atoms with van der Waals surface area (Å²) in [7, 11) is 1.60. The van der Waals surface area contributed by atoms with Gasteiger partial charge in [0, 0.05) is 0 Å². The lowest BCUT2D eigenvalue weighted by atomic mass is 10.0. The third-order valence-electron chi connectivity index (χ3n) is 2.91. The standard InChI is InChI=1S/C16H17FO2/c1-11(2)12-4-9-16(15(17)10-12)19-14-7-5-13(18-3)6-8-14/h4-11H,1-3H3. The van der Waals surface area contributed by atoms with Crippen molar-refractivity contribution in [1.82, 2.24) is 0 Å². The van der Waals surface area contributed by atoms with Gasteiger partial charge in [-0.2, -0.15) is 0 Å². The predicted octanol–water partition coefficient (Wildman–Crippen LogP) is 4.75. The first-order chi connectivity index (χ1) is 9.10. The fourth-order valence-corrected chi connectivity index (χ4v) is 1.73. The van der Waals surface area contributed by atoms with Gasteiger partial charge in [-0.3, -0.25) is 0 Å². The Morgan fingerprint density at radius 1 is 0.947 bits per heavy atom. The lowest BCUT2D eigenvalue weighted by Crippen LogP contribution is -1.93. The molecule has 0 aliphatic heterocycles. The average Bonchev–Trinajstić information content (AvgIpc) is 2.41. The van der Waals surface area contributed by atoms with Gasteiger partial charge in [-0.1, -0.05) is 19.9 Å². The van der Waals surface area contributed by atoms with Crippen molar-refractivity contribution in [2.24, 2.45) is 0 Å². The van der Waals surface area contributed by atoms with Gasteiger partial charge in [0.25, 0.3) is 0 Å². The molecule has 0 spiro atoms.